The van der Waals surface area contributed by atoms with E-state index in [2.05, 4.69) is 27.0 Å². The van der Waals surface area contributed by atoms with E-state index < -0.39 is 0 Å². The number of halogens is 2. The number of aromatic nitrogens is 1. The molecule has 0 fully saturated rings. The Labute approximate surface area is 130 Å². The molecule has 0 spiro atoms. The van der Waals surface area contributed by atoms with Crippen LogP contribution in [0.25, 0.3) is 21.9 Å². The van der Waals surface area contributed by atoms with Crippen molar-refractivity contribution in [1.82, 2.24) is 4.98 Å². The molecule has 20 heavy (non-hydrogen) atoms. The minimum absolute atomic E-state index is 0.509. The number of benzene rings is 2. The molecule has 1 aromatic heterocycles. The summed E-state index contributed by atoms with van der Waals surface area (Å²) in [6, 6.07) is 14.0. The van der Waals surface area contributed by atoms with Crippen molar-refractivity contribution >= 4 is 38.3 Å². The Bertz CT molecular complexity index is 789. The zero-order valence-electron chi connectivity index (χ0n) is 10.7. The maximum Gasteiger partial charge on any atom is 0.136 e. The maximum absolute atomic E-state index is 6.13. The molecule has 100 valence electrons. The van der Waals surface area contributed by atoms with Gasteiger partial charge in [0.2, 0.25) is 0 Å². The van der Waals surface area contributed by atoms with Crippen LogP contribution in [-0.2, 0) is 0 Å². The fourth-order valence-electron chi connectivity index (χ4n) is 2.22. The molecule has 3 rings (SSSR count). The number of nitrogens with zero attached hydrogens (tertiary/aromatic N) is 1. The first-order valence-corrected chi connectivity index (χ1v) is 7.25. The highest BCUT2D eigenvalue weighted by Gasteiger charge is 2.09. The highest BCUT2D eigenvalue weighted by Crippen LogP contribution is 2.35. The Morgan fingerprint density at radius 1 is 1.10 bits per heavy atom. The van der Waals surface area contributed by atoms with Gasteiger partial charge in [0, 0.05) is 27.0 Å². The number of ether oxygens (including phenoxy) is 1. The minimum atomic E-state index is 0.509. The molecule has 0 saturated carbocycles. The largest absolute Gasteiger partial charge is 0.496 e. The summed E-state index contributed by atoms with van der Waals surface area (Å²) < 4.78 is 6.34. The normalized spacial score (nSPS) is 10.8. The highest BCUT2D eigenvalue weighted by molar-refractivity contribution is 9.10. The van der Waals surface area contributed by atoms with E-state index in [0.717, 1.165) is 32.1 Å². The minimum Gasteiger partial charge on any atom is -0.496 e. The van der Waals surface area contributed by atoms with Crippen LogP contribution in [0.2, 0.25) is 5.15 Å². The van der Waals surface area contributed by atoms with Crippen molar-refractivity contribution in [2.45, 2.75) is 0 Å². The molecule has 4 heteroatoms. The van der Waals surface area contributed by atoms with Crippen LogP contribution in [-0.4, -0.2) is 12.1 Å². The van der Waals surface area contributed by atoms with E-state index in [-0.39, 0.29) is 0 Å². The molecule has 2 nitrogen and oxygen atoms in total. The van der Waals surface area contributed by atoms with Crippen LogP contribution in [0.3, 0.4) is 0 Å². The number of pyridine rings is 1. The Hall–Kier alpha value is -1.58. The molecule has 0 aliphatic carbocycles. The van der Waals surface area contributed by atoms with Crippen molar-refractivity contribution in [3.8, 4) is 16.9 Å². The lowest BCUT2D eigenvalue weighted by atomic mass is 10.0. The molecule has 0 atom stereocenters. The Kier molecular flexibility index (Phi) is 3.64. The lowest BCUT2D eigenvalue weighted by Crippen LogP contribution is -1.88. The number of fused-ring (bicyclic) bond motifs is 1. The van der Waals surface area contributed by atoms with Crippen LogP contribution in [0.4, 0.5) is 0 Å². The third-order valence-electron chi connectivity index (χ3n) is 3.21. The summed E-state index contributed by atoms with van der Waals surface area (Å²) in [5, 5.41) is 2.47. The zero-order valence-corrected chi connectivity index (χ0v) is 13.1. The van der Waals surface area contributed by atoms with E-state index in [4.69, 9.17) is 16.3 Å². The molecule has 0 unspecified atom stereocenters. The number of hydrogen-bond donors (Lipinski definition) is 0. The fraction of sp³-hybridized carbons (Fsp3) is 0.0625. The fourth-order valence-corrected chi connectivity index (χ4v) is 2.87. The first kappa shape index (κ1) is 13.4. The second-order valence-electron chi connectivity index (χ2n) is 4.36. The van der Waals surface area contributed by atoms with E-state index in [9.17, 15) is 0 Å². The van der Waals surface area contributed by atoms with Crippen molar-refractivity contribution in [2.75, 3.05) is 7.11 Å². The van der Waals surface area contributed by atoms with Crippen LogP contribution in [0, 0.1) is 0 Å². The highest BCUT2D eigenvalue weighted by atomic mass is 79.9. The van der Waals surface area contributed by atoms with Crippen LogP contribution >= 0.6 is 27.5 Å². The van der Waals surface area contributed by atoms with E-state index in [0.29, 0.717) is 5.15 Å². The first-order chi connectivity index (χ1) is 9.70. The summed E-state index contributed by atoms with van der Waals surface area (Å²) in [7, 11) is 1.68. The molecule has 2 aromatic carbocycles. The van der Waals surface area contributed by atoms with Crippen molar-refractivity contribution in [3.05, 3.63) is 58.3 Å². The van der Waals surface area contributed by atoms with E-state index in [1.165, 1.54) is 0 Å². The second-order valence-corrected chi connectivity index (χ2v) is 5.57. The number of methoxy groups -OCH3 is 1. The third kappa shape index (κ3) is 2.28. The molecule has 1 heterocycles. The molecular weight excluding hydrogens is 338 g/mol. The zero-order chi connectivity index (χ0) is 14.1. The predicted octanol–water partition coefficient (Wildman–Crippen LogP) is 5.33. The first-order valence-electron chi connectivity index (χ1n) is 6.08. The number of hydrogen-bond acceptors (Lipinski definition) is 2. The van der Waals surface area contributed by atoms with Gasteiger partial charge in [-0.05, 0) is 33.6 Å². The van der Waals surface area contributed by atoms with E-state index >= 15 is 0 Å². The third-order valence-corrected chi connectivity index (χ3v) is 4.14. The lowest BCUT2D eigenvalue weighted by Gasteiger charge is -2.10. The molecule has 0 aliphatic rings. The van der Waals surface area contributed by atoms with Gasteiger partial charge in [0.05, 0.1) is 7.11 Å². The SMILES string of the molecule is COc1ccccc1-c1ccc2c(Cl)ncc(Br)c2c1. The van der Waals surface area contributed by atoms with Gasteiger partial charge < -0.3 is 4.74 Å². The molecule has 0 aliphatic heterocycles. The van der Waals surface area contributed by atoms with Crippen molar-refractivity contribution in [2.24, 2.45) is 0 Å². The Morgan fingerprint density at radius 2 is 1.90 bits per heavy atom. The smallest absolute Gasteiger partial charge is 0.136 e. The molecule has 3 aromatic rings. The number of para-hydroxylation sites is 1. The summed E-state index contributed by atoms with van der Waals surface area (Å²) in [6.45, 7) is 0. The lowest BCUT2D eigenvalue weighted by molar-refractivity contribution is 0.416. The topological polar surface area (TPSA) is 22.1 Å². The molecule has 0 saturated heterocycles. The molecule has 0 N–H and O–H groups in total. The van der Waals surface area contributed by atoms with Gasteiger partial charge in [0.15, 0.2) is 0 Å². The summed E-state index contributed by atoms with van der Waals surface area (Å²) in [5.41, 5.74) is 2.13. The van der Waals surface area contributed by atoms with Crippen molar-refractivity contribution in [3.63, 3.8) is 0 Å². The molecule has 0 radical (unpaired) electrons. The predicted molar refractivity (Wildman–Crippen MR) is 86.4 cm³/mol. The molecule has 0 bridgehead atoms. The molecule has 0 amide bonds. The average Bonchev–Trinajstić information content (AvgIpc) is 2.50. The summed E-state index contributed by atoms with van der Waals surface area (Å²) in [5.74, 6) is 0.850. The van der Waals surface area contributed by atoms with Gasteiger partial charge in [-0.15, -0.1) is 0 Å². The Balaban J connectivity index is 2.26. The quantitative estimate of drug-likeness (QED) is 0.584. The summed E-state index contributed by atoms with van der Waals surface area (Å²) in [6.07, 6.45) is 1.72. The van der Waals surface area contributed by atoms with Gasteiger partial charge in [-0.2, -0.15) is 0 Å². The second kappa shape index (κ2) is 5.43. The van der Waals surface area contributed by atoms with Gasteiger partial charge in [-0.1, -0.05) is 41.9 Å². The average molecular weight is 349 g/mol. The maximum atomic E-state index is 6.13. The van der Waals surface area contributed by atoms with Crippen LogP contribution in [0.5, 0.6) is 5.75 Å². The van der Waals surface area contributed by atoms with Gasteiger partial charge in [-0.25, -0.2) is 4.98 Å². The van der Waals surface area contributed by atoms with Gasteiger partial charge in [0.1, 0.15) is 10.9 Å². The van der Waals surface area contributed by atoms with E-state index in [1.54, 1.807) is 13.3 Å². The van der Waals surface area contributed by atoms with Gasteiger partial charge in [0.25, 0.3) is 0 Å². The van der Waals surface area contributed by atoms with Gasteiger partial charge in [-0.3, -0.25) is 0 Å². The van der Waals surface area contributed by atoms with Crippen LogP contribution in [0.1, 0.15) is 0 Å². The summed E-state index contributed by atoms with van der Waals surface area (Å²) in [4.78, 5) is 4.14. The van der Waals surface area contributed by atoms with Crippen LogP contribution < -0.4 is 4.74 Å². The van der Waals surface area contributed by atoms with E-state index in [1.807, 2.05) is 36.4 Å². The monoisotopic (exact) mass is 347 g/mol. The van der Waals surface area contributed by atoms with Crippen LogP contribution in [0.15, 0.2) is 53.1 Å². The summed E-state index contributed by atoms with van der Waals surface area (Å²) >= 11 is 9.65. The van der Waals surface area contributed by atoms with Crippen molar-refractivity contribution < 1.29 is 4.74 Å². The Morgan fingerprint density at radius 3 is 2.70 bits per heavy atom. The number of rotatable bonds is 2. The van der Waals surface area contributed by atoms with Crippen molar-refractivity contribution in [1.29, 1.82) is 0 Å². The molecular formula is C16H11BrClNO. The standard InChI is InChI=1S/C16H11BrClNO/c1-20-15-5-3-2-4-11(15)10-6-7-12-13(8-10)14(17)9-19-16(12)18/h2-9H,1H3. The van der Waals surface area contributed by atoms with Gasteiger partial charge >= 0.3 is 0 Å².